The first kappa shape index (κ1) is 13.3. The van der Waals surface area contributed by atoms with E-state index in [4.69, 9.17) is 5.73 Å². The maximum Gasteiger partial charge on any atom is 0.123 e. The standard InChI is InChI=1S/C15H23FN2/c1-12-4-3-9-15(17,10-12)11-18(2)14-7-5-13(16)6-8-14/h5-8,12H,3-4,9-11,17H2,1-2H3. The zero-order valence-corrected chi connectivity index (χ0v) is 11.3. The van der Waals surface area contributed by atoms with Gasteiger partial charge in [0.25, 0.3) is 0 Å². The van der Waals surface area contributed by atoms with Crippen molar-refractivity contribution in [1.29, 1.82) is 0 Å². The van der Waals surface area contributed by atoms with Crippen molar-refractivity contribution in [1.82, 2.24) is 0 Å². The molecule has 0 aromatic heterocycles. The fourth-order valence-electron chi connectivity index (χ4n) is 3.10. The van der Waals surface area contributed by atoms with Gasteiger partial charge in [-0.25, -0.2) is 4.39 Å². The van der Waals surface area contributed by atoms with E-state index in [9.17, 15) is 4.39 Å². The molecular weight excluding hydrogens is 227 g/mol. The summed E-state index contributed by atoms with van der Waals surface area (Å²) < 4.78 is 12.9. The topological polar surface area (TPSA) is 29.3 Å². The highest BCUT2D eigenvalue weighted by Crippen LogP contribution is 2.31. The fourth-order valence-corrected chi connectivity index (χ4v) is 3.10. The summed E-state index contributed by atoms with van der Waals surface area (Å²) in [5.41, 5.74) is 7.43. The van der Waals surface area contributed by atoms with Crippen molar-refractivity contribution >= 4 is 5.69 Å². The zero-order valence-electron chi connectivity index (χ0n) is 11.3. The van der Waals surface area contributed by atoms with E-state index in [1.807, 2.05) is 19.2 Å². The number of rotatable bonds is 3. The van der Waals surface area contributed by atoms with Crippen molar-refractivity contribution in [3.05, 3.63) is 30.1 Å². The molecule has 1 fully saturated rings. The monoisotopic (exact) mass is 250 g/mol. The molecule has 3 heteroatoms. The zero-order chi connectivity index (χ0) is 13.2. The first-order valence-corrected chi connectivity index (χ1v) is 6.74. The van der Waals surface area contributed by atoms with Crippen molar-refractivity contribution in [2.75, 3.05) is 18.5 Å². The number of halogens is 1. The van der Waals surface area contributed by atoms with Gasteiger partial charge in [-0.3, -0.25) is 0 Å². The lowest BCUT2D eigenvalue weighted by molar-refractivity contribution is 0.241. The van der Waals surface area contributed by atoms with E-state index in [2.05, 4.69) is 11.8 Å². The average molecular weight is 250 g/mol. The van der Waals surface area contributed by atoms with Crippen molar-refractivity contribution in [3.63, 3.8) is 0 Å². The Bertz CT molecular complexity index is 390. The third-order valence-electron chi connectivity index (χ3n) is 3.95. The predicted octanol–water partition coefficient (Wildman–Crippen LogP) is 3.17. The lowest BCUT2D eigenvalue weighted by atomic mass is 9.77. The number of nitrogens with zero attached hydrogens (tertiary/aromatic N) is 1. The summed E-state index contributed by atoms with van der Waals surface area (Å²) in [6, 6.07) is 6.62. The molecule has 0 saturated heterocycles. The molecule has 0 amide bonds. The quantitative estimate of drug-likeness (QED) is 0.892. The van der Waals surface area contributed by atoms with Crippen molar-refractivity contribution in [2.45, 2.75) is 38.1 Å². The van der Waals surface area contributed by atoms with Crippen LogP contribution >= 0.6 is 0 Å². The molecule has 0 bridgehead atoms. The molecule has 0 aliphatic heterocycles. The van der Waals surface area contributed by atoms with Crippen LogP contribution < -0.4 is 10.6 Å². The minimum absolute atomic E-state index is 0.0964. The minimum atomic E-state index is -0.194. The number of anilines is 1. The molecule has 2 rings (SSSR count). The van der Waals surface area contributed by atoms with Gasteiger partial charge in [0, 0.05) is 24.8 Å². The van der Waals surface area contributed by atoms with Crippen LogP contribution in [-0.2, 0) is 0 Å². The number of nitrogens with two attached hydrogens (primary N) is 1. The van der Waals surface area contributed by atoms with E-state index in [0.717, 1.165) is 25.1 Å². The highest BCUT2D eigenvalue weighted by Gasteiger charge is 2.32. The molecule has 2 atom stereocenters. The predicted molar refractivity (Wildman–Crippen MR) is 74.2 cm³/mol. The Hall–Kier alpha value is -1.09. The van der Waals surface area contributed by atoms with Crippen molar-refractivity contribution in [3.8, 4) is 0 Å². The van der Waals surface area contributed by atoms with Gasteiger partial charge in [-0.15, -0.1) is 0 Å². The molecule has 2 N–H and O–H groups in total. The normalized spacial score (nSPS) is 28.1. The van der Waals surface area contributed by atoms with Gasteiger partial charge in [0.1, 0.15) is 5.82 Å². The van der Waals surface area contributed by atoms with E-state index >= 15 is 0 Å². The Morgan fingerprint density at radius 3 is 2.67 bits per heavy atom. The number of hydrogen-bond donors (Lipinski definition) is 1. The molecule has 0 radical (unpaired) electrons. The maximum atomic E-state index is 12.9. The van der Waals surface area contributed by atoms with Crippen LogP contribution in [0, 0.1) is 11.7 Å². The first-order chi connectivity index (χ1) is 8.48. The van der Waals surface area contributed by atoms with Crippen molar-refractivity contribution < 1.29 is 4.39 Å². The van der Waals surface area contributed by atoms with E-state index < -0.39 is 0 Å². The molecule has 1 saturated carbocycles. The van der Waals surface area contributed by atoms with Crippen LogP contribution in [-0.4, -0.2) is 19.1 Å². The van der Waals surface area contributed by atoms with Gasteiger partial charge in [0.05, 0.1) is 0 Å². The Labute approximate surface area is 109 Å². The molecule has 1 aliphatic rings. The number of likely N-dealkylation sites (N-methyl/N-ethyl adjacent to an activating group) is 1. The van der Waals surface area contributed by atoms with Gasteiger partial charge in [0.15, 0.2) is 0 Å². The molecule has 2 unspecified atom stereocenters. The third kappa shape index (κ3) is 3.22. The van der Waals surface area contributed by atoms with E-state index in [-0.39, 0.29) is 11.4 Å². The van der Waals surface area contributed by atoms with Crippen LogP contribution in [0.2, 0.25) is 0 Å². The lowest BCUT2D eigenvalue weighted by Gasteiger charge is -2.40. The van der Waals surface area contributed by atoms with Gasteiger partial charge >= 0.3 is 0 Å². The molecule has 18 heavy (non-hydrogen) atoms. The summed E-state index contributed by atoms with van der Waals surface area (Å²) in [6.45, 7) is 3.11. The lowest BCUT2D eigenvalue weighted by Crippen LogP contribution is -2.52. The van der Waals surface area contributed by atoms with E-state index in [0.29, 0.717) is 5.92 Å². The second kappa shape index (κ2) is 5.27. The van der Waals surface area contributed by atoms with Gasteiger partial charge in [-0.1, -0.05) is 19.8 Å². The van der Waals surface area contributed by atoms with Gasteiger partial charge < -0.3 is 10.6 Å². The third-order valence-corrected chi connectivity index (χ3v) is 3.95. The molecule has 1 aromatic carbocycles. The average Bonchev–Trinajstić information content (AvgIpc) is 2.28. The molecule has 0 heterocycles. The first-order valence-electron chi connectivity index (χ1n) is 6.74. The van der Waals surface area contributed by atoms with E-state index in [1.165, 1.54) is 25.0 Å². The van der Waals surface area contributed by atoms with Crippen LogP contribution in [0.3, 0.4) is 0 Å². The highest BCUT2D eigenvalue weighted by molar-refractivity contribution is 5.45. The van der Waals surface area contributed by atoms with Gasteiger partial charge in [0.2, 0.25) is 0 Å². The molecule has 1 aromatic rings. The van der Waals surface area contributed by atoms with Crippen LogP contribution in [0.1, 0.15) is 32.6 Å². The van der Waals surface area contributed by atoms with Crippen LogP contribution in [0.4, 0.5) is 10.1 Å². The SMILES string of the molecule is CC1CCCC(N)(CN(C)c2ccc(F)cc2)C1. The smallest absolute Gasteiger partial charge is 0.123 e. The van der Waals surface area contributed by atoms with Crippen molar-refractivity contribution in [2.24, 2.45) is 11.7 Å². The van der Waals surface area contributed by atoms with Crippen LogP contribution in [0.25, 0.3) is 0 Å². The van der Waals surface area contributed by atoms with Gasteiger partial charge in [-0.2, -0.15) is 0 Å². The Morgan fingerprint density at radius 1 is 1.39 bits per heavy atom. The molecular formula is C15H23FN2. The Balaban J connectivity index is 2.01. The Kier molecular flexibility index (Phi) is 3.91. The number of benzene rings is 1. The van der Waals surface area contributed by atoms with Crippen LogP contribution in [0.15, 0.2) is 24.3 Å². The largest absolute Gasteiger partial charge is 0.373 e. The maximum absolute atomic E-state index is 12.9. The number of hydrogen-bond acceptors (Lipinski definition) is 2. The van der Waals surface area contributed by atoms with E-state index in [1.54, 1.807) is 0 Å². The molecule has 100 valence electrons. The van der Waals surface area contributed by atoms with Gasteiger partial charge in [-0.05, 0) is 43.0 Å². The van der Waals surface area contributed by atoms with Crippen LogP contribution in [0.5, 0.6) is 0 Å². The Morgan fingerprint density at radius 2 is 2.06 bits per heavy atom. The summed E-state index contributed by atoms with van der Waals surface area (Å²) in [4.78, 5) is 2.14. The summed E-state index contributed by atoms with van der Waals surface area (Å²) >= 11 is 0. The molecule has 0 spiro atoms. The molecule has 2 nitrogen and oxygen atoms in total. The second-order valence-corrected chi connectivity index (χ2v) is 5.90. The summed E-state index contributed by atoms with van der Waals surface area (Å²) in [7, 11) is 2.03. The molecule has 1 aliphatic carbocycles. The summed E-state index contributed by atoms with van der Waals surface area (Å²) in [6.07, 6.45) is 4.68. The fraction of sp³-hybridized carbons (Fsp3) is 0.600. The summed E-state index contributed by atoms with van der Waals surface area (Å²) in [5, 5.41) is 0. The minimum Gasteiger partial charge on any atom is -0.373 e. The highest BCUT2D eigenvalue weighted by atomic mass is 19.1. The second-order valence-electron chi connectivity index (χ2n) is 5.90. The summed E-state index contributed by atoms with van der Waals surface area (Å²) in [5.74, 6) is 0.520.